The van der Waals surface area contributed by atoms with E-state index in [1.54, 1.807) is 0 Å². The summed E-state index contributed by atoms with van der Waals surface area (Å²) in [6.45, 7) is 7.25. The number of benzene rings is 1. The molecule has 3 N–H and O–H groups in total. The second-order valence-corrected chi connectivity index (χ2v) is 6.29. The van der Waals surface area contributed by atoms with Crippen molar-refractivity contribution in [3.63, 3.8) is 0 Å². The summed E-state index contributed by atoms with van der Waals surface area (Å²) < 4.78 is 0. The summed E-state index contributed by atoms with van der Waals surface area (Å²) in [6, 6.07) is 8.10. The maximum Gasteiger partial charge on any atom is 0.155 e. The Morgan fingerprint density at radius 1 is 1.14 bits per heavy atom. The van der Waals surface area contributed by atoms with Crippen LogP contribution in [0, 0.1) is 0 Å². The van der Waals surface area contributed by atoms with Crippen LogP contribution in [0.4, 0.5) is 5.69 Å². The molecule has 0 amide bonds. The Labute approximate surface area is 129 Å². The molecule has 6 nitrogen and oxygen atoms in total. The standard InChI is InChI=1S/C16H20N6/c1-16(2,3)14-12(9-19-21-14)8-17-13-6-4-5-11(7-13)15-18-10-20-22-15/h4-7,9-10,17H,8H2,1-3H3,(H,19,21)(H,18,20,22). The van der Waals surface area contributed by atoms with Gasteiger partial charge >= 0.3 is 0 Å². The zero-order valence-corrected chi connectivity index (χ0v) is 13.0. The van der Waals surface area contributed by atoms with Gasteiger partial charge in [0, 0.05) is 34.5 Å². The van der Waals surface area contributed by atoms with Gasteiger partial charge in [0.1, 0.15) is 6.33 Å². The normalized spacial score (nSPS) is 11.6. The van der Waals surface area contributed by atoms with Crippen molar-refractivity contribution in [2.75, 3.05) is 5.32 Å². The first-order chi connectivity index (χ1) is 10.5. The minimum absolute atomic E-state index is 0.0508. The molecule has 0 saturated heterocycles. The highest BCUT2D eigenvalue weighted by Crippen LogP contribution is 2.24. The molecule has 0 aliphatic heterocycles. The average Bonchev–Trinajstić information content (AvgIpc) is 3.16. The van der Waals surface area contributed by atoms with E-state index in [0.29, 0.717) is 0 Å². The highest BCUT2D eigenvalue weighted by atomic mass is 15.2. The Bertz CT molecular complexity index is 736. The van der Waals surface area contributed by atoms with Crippen molar-refractivity contribution in [3.05, 3.63) is 48.0 Å². The van der Waals surface area contributed by atoms with Gasteiger partial charge in [-0.25, -0.2) is 4.98 Å². The molecule has 1 aromatic carbocycles. The van der Waals surface area contributed by atoms with Gasteiger partial charge in [0.25, 0.3) is 0 Å². The van der Waals surface area contributed by atoms with Crippen LogP contribution in [0.2, 0.25) is 0 Å². The second kappa shape index (κ2) is 5.63. The van der Waals surface area contributed by atoms with Crippen molar-refractivity contribution < 1.29 is 0 Å². The number of aromatic nitrogens is 5. The fourth-order valence-corrected chi connectivity index (χ4v) is 2.41. The van der Waals surface area contributed by atoms with E-state index in [1.165, 1.54) is 11.9 Å². The lowest BCUT2D eigenvalue weighted by Crippen LogP contribution is -2.15. The van der Waals surface area contributed by atoms with Crippen LogP contribution in [0.5, 0.6) is 0 Å². The molecule has 0 fully saturated rings. The van der Waals surface area contributed by atoms with Crippen LogP contribution in [0.1, 0.15) is 32.0 Å². The van der Waals surface area contributed by atoms with Crippen molar-refractivity contribution in [3.8, 4) is 11.4 Å². The van der Waals surface area contributed by atoms with Crippen LogP contribution in [0.25, 0.3) is 11.4 Å². The Hall–Kier alpha value is -2.63. The van der Waals surface area contributed by atoms with Gasteiger partial charge < -0.3 is 5.32 Å². The molecule has 2 aromatic heterocycles. The Balaban J connectivity index is 1.75. The topological polar surface area (TPSA) is 82.3 Å². The summed E-state index contributed by atoms with van der Waals surface area (Å²) >= 11 is 0. The number of nitrogens with zero attached hydrogens (tertiary/aromatic N) is 3. The molecule has 0 unspecified atom stereocenters. The van der Waals surface area contributed by atoms with Gasteiger partial charge in [-0.1, -0.05) is 32.9 Å². The lowest BCUT2D eigenvalue weighted by Gasteiger charge is -2.18. The van der Waals surface area contributed by atoms with Gasteiger partial charge in [0.15, 0.2) is 5.82 Å². The van der Waals surface area contributed by atoms with E-state index >= 15 is 0 Å². The predicted octanol–water partition coefficient (Wildman–Crippen LogP) is 3.10. The molecule has 0 radical (unpaired) electrons. The third kappa shape index (κ3) is 3.00. The summed E-state index contributed by atoms with van der Waals surface area (Å²) in [7, 11) is 0. The molecule has 22 heavy (non-hydrogen) atoms. The largest absolute Gasteiger partial charge is 0.381 e. The maximum absolute atomic E-state index is 4.17. The zero-order valence-electron chi connectivity index (χ0n) is 13.0. The highest BCUT2D eigenvalue weighted by Gasteiger charge is 2.19. The lowest BCUT2D eigenvalue weighted by atomic mass is 9.89. The van der Waals surface area contributed by atoms with E-state index in [1.807, 2.05) is 24.4 Å². The van der Waals surface area contributed by atoms with E-state index in [2.05, 4.69) is 57.5 Å². The molecule has 3 rings (SSSR count). The third-order valence-corrected chi connectivity index (χ3v) is 3.50. The number of anilines is 1. The summed E-state index contributed by atoms with van der Waals surface area (Å²) in [6.07, 6.45) is 3.39. The van der Waals surface area contributed by atoms with Gasteiger partial charge in [-0.2, -0.15) is 10.2 Å². The number of H-pyrrole nitrogens is 2. The second-order valence-electron chi connectivity index (χ2n) is 6.29. The number of rotatable bonds is 4. The molecule has 3 aromatic rings. The van der Waals surface area contributed by atoms with E-state index in [-0.39, 0.29) is 5.41 Å². The van der Waals surface area contributed by atoms with E-state index in [4.69, 9.17) is 0 Å². The molecular formula is C16H20N6. The van der Waals surface area contributed by atoms with Gasteiger partial charge in [-0.3, -0.25) is 10.2 Å². The van der Waals surface area contributed by atoms with Crippen molar-refractivity contribution in [2.45, 2.75) is 32.7 Å². The van der Waals surface area contributed by atoms with Crippen molar-refractivity contribution in [1.29, 1.82) is 0 Å². The van der Waals surface area contributed by atoms with Crippen LogP contribution in [-0.4, -0.2) is 25.4 Å². The van der Waals surface area contributed by atoms with Crippen LogP contribution in [0.3, 0.4) is 0 Å². The van der Waals surface area contributed by atoms with Gasteiger partial charge in [0.05, 0.1) is 6.20 Å². The Morgan fingerprint density at radius 3 is 2.73 bits per heavy atom. The first kappa shape index (κ1) is 14.3. The minimum atomic E-state index is 0.0508. The molecule has 6 heteroatoms. The molecule has 0 atom stereocenters. The fraction of sp³-hybridized carbons (Fsp3) is 0.312. The van der Waals surface area contributed by atoms with E-state index < -0.39 is 0 Å². The molecule has 2 heterocycles. The van der Waals surface area contributed by atoms with Crippen molar-refractivity contribution in [1.82, 2.24) is 25.4 Å². The van der Waals surface area contributed by atoms with Gasteiger partial charge in [-0.05, 0) is 12.1 Å². The number of nitrogens with one attached hydrogen (secondary N) is 3. The zero-order chi connectivity index (χ0) is 15.6. The van der Waals surface area contributed by atoms with Crippen LogP contribution in [-0.2, 0) is 12.0 Å². The number of hydrogen-bond donors (Lipinski definition) is 3. The first-order valence-electron chi connectivity index (χ1n) is 7.26. The SMILES string of the molecule is CC(C)(C)c1[nH]ncc1CNc1cccc(-c2ncn[nH]2)c1. The Morgan fingerprint density at radius 2 is 2.00 bits per heavy atom. The predicted molar refractivity (Wildman–Crippen MR) is 86.4 cm³/mol. The number of hydrogen-bond acceptors (Lipinski definition) is 4. The third-order valence-electron chi connectivity index (χ3n) is 3.50. The average molecular weight is 296 g/mol. The monoisotopic (exact) mass is 296 g/mol. The van der Waals surface area contributed by atoms with Crippen molar-refractivity contribution in [2.24, 2.45) is 0 Å². The summed E-state index contributed by atoms with van der Waals surface area (Å²) in [5.74, 6) is 0.766. The molecule has 0 saturated carbocycles. The molecule has 0 bridgehead atoms. The summed E-state index contributed by atoms with van der Waals surface area (Å²) in [5, 5.41) is 17.5. The van der Waals surface area contributed by atoms with Gasteiger partial charge in [0.2, 0.25) is 0 Å². The Kier molecular flexibility index (Phi) is 3.66. The molecular weight excluding hydrogens is 276 g/mol. The fourth-order valence-electron chi connectivity index (χ4n) is 2.41. The first-order valence-corrected chi connectivity index (χ1v) is 7.26. The minimum Gasteiger partial charge on any atom is -0.381 e. The summed E-state index contributed by atoms with van der Waals surface area (Å²) in [5.41, 5.74) is 4.43. The highest BCUT2D eigenvalue weighted by molar-refractivity contribution is 5.62. The number of aromatic amines is 2. The van der Waals surface area contributed by atoms with Gasteiger partial charge in [-0.15, -0.1) is 0 Å². The van der Waals surface area contributed by atoms with Crippen LogP contribution >= 0.6 is 0 Å². The van der Waals surface area contributed by atoms with E-state index in [0.717, 1.165) is 29.3 Å². The molecule has 114 valence electrons. The molecule has 0 aliphatic carbocycles. The lowest BCUT2D eigenvalue weighted by molar-refractivity contribution is 0.561. The van der Waals surface area contributed by atoms with Crippen LogP contribution < -0.4 is 5.32 Å². The summed E-state index contributed by atoms with van der Waals surface area (Å²) in [4.78, 5) is 4.17. The molecule has 0 aliphatic rings. The molecule has 0 spiro atoms. The smallest absolute Gasteiger partial charge is 0.155 e. The maximum atomic E-state index is 4.17. The van der Waals surface area contributed by atoms with E-state index in [9.17, 15) is 0 Å². The van der Waals surface area contributed by atoms with Crippen molar-refractivity contribution >= 4 is 5.69 Å². The van der Waals surface area contributed by atoms with Crippen LogP contribution in [0.15, 0.2) is 36.8 Å². The quantitative estimate of drug-likeness (QED) is 0.691.